The number of anilines is 1. The molecule has 0 aromatic heterocycles. The number of rotatable bonds is 23. The first-order chi connectivity index (χ1) is 34.1. The molecule has 2 heterocycles. The Labute approximate surface area is 411 Å². The Bertz CT molecular complexity index is 2610. The summed E-state index contributed by atoms with van der Waals surface area (Å²) in [7, 11) is 0. The maximum absolute atomic E-state index is 13.4. The number of aromatic hydroxyl groups is 2. The fourth-order valence-electron chi connectivity index (χ4n) is 8.24. The lowest BCUT2D eigenvalue weighted by Crippen LogP contribution is -2.54. The molecule has 6 rings (SSSR count). The predicted molar refractivity (Wildman–Crippen MR) is 260 cm³/mol. The average Bonchev–Trinajstić information content (AvgIpc) is 3.62. The molecule has 4 aromatic carbocycles. The van der Waals surface area contributed by atoms with E-state index in [1.54, 1.807) is 62.4 Å². The van der Waals surface area contributed by atoms with Gasteiger partial charge in [-0.2, -0.15) is 0 Å². The molecule has 19 nitrogen and oxygen atoms in total. The summed E-state index contributed by atoms with van der Waals surface area (Å²) in [6.07, 6.45) is 9.10. The highest BCUT2D eigenvalue weighted by Crippen LogP contribution is 2.57. The number of benzene rings is 4. The molecule has 2 aliphatic rings. The van der Waals surface area contributed by atoms with Crippen LogP contribution in [0.5, 0.6) is 23.0 Å². The van der Waals surface area contributed by atoms with E-state index in [0.29, 0.717) is 73.1 Å². The summed E-state index contributed by atoms with van der Waals surface area (Å²) < 4.78 is 17.4. The minimum Gasteiger partial charge on any atom is -0.508 e. The van der Waals surface area contributed by atoms with Crippen molar-refractivity contribution in [2.75, 3.05) is 25.0 Å². The van der Waals surface area contributed by atoms with Gasteiger partial charge >= 0.3 is 18.1 Å². The molecular formula is C52H59N7O12. The van der Waals surface area contributed by atoms with Crippen LogP contribution in [-0.2, 0) is 36.1 Å². The molecule has 2 atom stereocenters. The molecule has 71 heavy (non-hydrogen) atoms. The Morgan fingerprint density at radius 3 is 2.01 bits per heavy atom. The number of hydrogen-bond acceptors (Lipinski definition) is 12. The number of primary amides is 1. The molecule has 4 aromatic rings. The molecule has 0 radical (unpaired) electrons. The summed E-state index contributed by atoms with van der Waals surface area (Å²) in [5.74, 6) is 0.200. The van der Waals surface area contributed by atoms with Crippen LogP contribution in [-0.4, -0.2) is 83.7 Å². The Morgan fingerprint density at radius 2 is 1.38 bits per heavy atom. The van der Waals surface area contributed by atoms with Gasteiger partial charge in [0.2, 0.25) is 17.7 Å². The standard InChI is InChI=1S/C52H59N7O12/c1-4-5-8-13-44(62)59-45(31(2)3)48(65)58-41(12-11-26-55-50(53)67)47(64)57-34-17-14-32(15-18-34)30-69-51(68)56-25-10-7-6-9-24-54-46(63)33-16-21-38-37(27-33)49(66)71-52(38)39-22-19-35(60)28-42(39)70-43-29-36(61)20-23-40(43)52/h1,14-23,27-29,31,41,45,60-61H,5-13,24-26,30H2,2-3H3,(H,54,63)(H,56,68)(H,57,64)(H,58,65)(H,59,62)(H3,53,55,67)/t41-,45-/m1/s1. The van der Waals surface area contributed by atoms with Gasteiger partial charge in [0.1, 0.15) is 41.7 Å². The third-order valence-electron chi connectivity index (χ3n) is 11.9. The van der Waals surface area contributed by atoms with E-state index in [0.717, 1.165) is 12.8 Å². The number of phenols is 2. The largest absolute Gasteiger partial charge is 0.508 e. The number of alkyl carbamates (subject to hydrolysis) is 1. The van der Waals surface area contributed by atoms with Gasteiger partial charge in [-0.1, -0.05) is 44.9 Å². The van der Waals surface area contributed by atoms with Crippen LogP contribution in [0.4, 0.5) is 15.3 Å². The summed E-state index contributed by atoms with van der Waals surface area (Å²) in [6, 6.07) is 17.7. The Morgan fingerprint density at radius 1 is 0.746 bits per heavy atom. The van der Waals surface area contributed by atoms with Crippen LogP contribution in [0.1, 0.15) is 115 Å². The highest BCUT2D eigenvalue weighted by Gasteiger charge is 2.54. The lowest BCUT2D eigenvalue weighted by Gasteiger charge is -2.36. The van der Waals surface area contributed by atoms with Crippen molar-refractivity contribution in [2.24, 2.45) is 11.7 Å². The third-order valence-corrected chi connectivity index (χ3v) is 11.9. The molecule has 19 heteroatoms. The van der Waals surface area contributed by atoms with Crippen LogP contribution in [0.15, 0.2) is 78.9 Å². The molecular weight excluding hydrogens is 915 g/mol. The van der Waals surface area contributed by atoms with E-state index in [1.165, 1.54) is 30.3 Å². The quantitative estimate of drug-likeness (QED) is 0.0246. The first kappa shape index (κ1) is 52.1. The van der Waals surface area contributed by atoms with Crippen LogP contribution < -0.4 is 42.4 Å². The van der Waals surface area contributed by atoms with Gasteiger partial charge in [0.25, 0.3) is 5.91 Å². The zero-order valence-corrected chi connectivity index (χ0v) is 39.6. The number of terminal acetylenes is 1. The Kier molecular flexibility index (Phi) is 17.9. The van der Waals surface area contributed by atoms with Crippen molar-refractivity contribution in [3.63, 3.8) is 0 Å². The monoisotopic (exact) mass is 973 g/mol. The van der Waals surface area contributed by atoms with E-state index in [9.17, 15) is 43.8 Å². The zero-order chi connectivity index (χ0) is 51.1. The molecule has 374 valence electrons. The van der Waals surface area contributed by atoms with Crippen molar-refractivity contribution in [1.82, 2.24) is 26.6 Å². The van der Waals surface area contributed by atoms with Gasteiger partial charge in [-0.05, 0) is 92.1 Å². The highest BCUT2D eigenvalue weighted by atomic mass is 16.6. The van der Waals surface area contributed by atoms with Crippen LogP contribution in [0.2, 0.25) is 0 Å². The summed E-state index contributed by atoms with van der Waals surface area (Å²) in [5, 5.41) is 36.7. The number of urea groups is 1. The Balaban J connectivity index is 0.899. The fraction of sp³-hybridized carbons (Fsp3) is 0.365. The summed E-state index contributed by atoms with van der Waals surface area (Å²) in [5.41, 5.74) is 6.75. The first-order valence-electron chi connectivity index (χ1n) is 23.5. The van der Waals surface area contributed by atoms with Crippen molar-refractivity contribution >= 4 is 47.4 Å². The van der Waals surface area contributed by atoms with Crippen molar-refractivity contribution in [2.45, 2.75) is 95.9 Å². The number of fused-ring (bicyclic) bond motifs is 6. The first-order valence-corrected chi connectivity index (χ1v) is 23.5. The molecule has 0 aliphatic carbocycles. The molecule has 0 bridgehead atoms. The lowest BCUT2D eigenvalue weighted by atomic mass is 9.77. The maximum Gasteiger partial charge on any atom is 0.407 e. The van der Waals surface area contributed by atoms with E-state index in [2.05, 4.69) is 37.8 Å². The van der Waals surface area contributed by atoms with Gasteiger partial charge in [-0.25, -0.2) is 14.4 Å². The second-order valence-electron chi connectivity index (χ2n) is 17.5. The number of nitrogens with one attached hydrogen (secondary N) is 6. The van der Waals surface area contributed by atoms with Gasteiger partial charge in [-0.15, -0.1) is 12.3 Å². The summed E-state index contributed by atoms with van der Waals surface area (Å²) in [6.45, 7) is 4.45. The van der Waals surface area contributed by atoms with Crippen LogP contribution in [0, 0.1) is 18.3 Å². The topological polar surface area (TPSA) is 286 Å². The molecule has 2 aliphatic heterocycles. The van der Waals surface area contributed by atoms with Gasteiger partial charge in [0.15, 0.2) is 5.60 Å². The van der Waals surface area contributed by atoms with Crippen molar-refractivity contribution in [1.29, 1.82) is 0 Å². The number of ether oxygens (including phenoxy) is 3. The number of phenolic OH excluding ortho intramolecular Hbond substituents is 2. The molecule has 1 spiro atoms. The van der Waals surface area contributed by atoms with E-state index in [1.807, 2.05) is 0 Å². The number of esters is 1. The maximum atomic E-state index is 13.4. The van der Waals surface area contributed by atoms with E-state index < -0.39 is 47.6 Å². The van der Waals surface area contributed by atoms with Crippen molar-refractivity contribution in [3.8, 4) is 35.3 Å². The van der Waals surface area contributed by atoms with Crippen molar-refractivity contribution < 1.29 is 58.0 Å². The third kappa shape index (κ3) is 13.5. The number of hydrogen-bond donors (Lipinski definition) is 9. The second-order valence-corrected chi connectivity index (χ2v) is 17.5. The molecule has 0 fully saturated rings. The number of nitrogens with two attached hydrogens (primary N) is 1. The lowest BCUT2D eigenvalue weighted by molar-refractivity contribution is -0.132. The molecule has 0 saturated heterocycles. The number of unbranched alkanes of at least 4 members (excludes halogenated alkanes) is 4. The van der Waals surface area contributed by atoms with E-state index >= 15 is 0 Å². The van der Waals surface area contributed by atoms with E-state index in [-0.39, 0.29) is 77.9 Å². The fourth-order valence-corrected chi connectivity index (χ4v) is 8.24. The van der Waals surface area contributed by atoms with Gasteiger partial charge in [0, 0.05) is 72.5 Å². The molecule has 0 saturated carbocycles. The normalized spacial score (nSPS) is 13.4. The Hall–Kier alpha value is -8.27. The van der Waals surface area contributed by atoms with Crippen LogP contribution in [0.3, 0.4) is 0 Å². The molecule has 0 unspecified atom stereocenters. The molecule has 10 N–H and O–H groups in total. The minimum atomic E-state index is -1.43. The van der Waals surface area contributed by atoms with E-state index in [4.69, 9.17) is 26.4 Å². The smallest absolute Gasteiger partial charge is 0.407 e. The van der Waals surface area contributed by atoms with Gasteiger partial charge < -0.3 is 62.1 Å². The van der Waals surface area contributed by atoms with Crippen LogP contribution in [0.25, 0.3) is 0 Å². The SMILES string of the molecule is C#CCCCC(=O)N[C@@H](C(=O)N[C@H](CCCNC(N)=O)C(=O)Nc1ccc(COC(=O)NCCCCCCNC(=O)c2ccc3c(c2)C(=O)OC32c3ccc(O)cc3Oc3cc(O)ccc32)cc1)C(C)C. The van der Waals surface area contributed by atoms with Gasteiger partial charge in [0.05, 0.1) is 5.56 Å². The molecule has 7 amide bonds. The second kappa shape index (κ2) is 24.3. The number of amides is 7. The van der Waals surface area contributed by atoms with Crippen molar-refractivity contribution in [3.05, 3.63) is 112 Å². The van der Waals surface area contributed by atoms with Gasteiger partial charge in [-0.3, -0.25) is 19.2 Å². The number of carbonyl (C=O) groups is 7. The average molecular weight is 974 g/mol. The highest BCUT2D eigenvalue weighted by molar-refractivity contribution is 6.02. The van der Waals surface area contributed by atoms with Crippen LogP contribution >= 0.6 is 0 Å². The minimum absolute atomic E-state index is 0.0315. The summed E-state index contributed by atoms with van der Waals surface area (Å²) >= 11 is 0. The predicted octanol–water partition coefficient (Wildman–Crippen LogP) is 5.70. The number of carbonyl (C=O) groups excluding carboxylic acids is 7. The summed E-state index contributed by atoms with van der Waals surface area (Å²) in [4.78, 5) is 89.4. The zero-order valence-electron chi connectivity index (χ0n) is 39.6.